The van der Waals surface area contributed by atoms with Crippen LogP contribution in [0.2, 0.25) is 0 Å². The topological polar surface area (TPSA) is 75.7 Å². The Labute approximate surface area is 151 Å². The minimum atomic E-state index is -3.72. The van der Waals surface area contributed by atoms with E-state index < -0.39 is 10.0 Å². The highest BCUT2D eigenvalue weighted by atomic mass is 32.2. The summed E-state index contributed by atoms with van der Waals surface area (Å²) in [6.45, 7) is 3.69. The Morgan fingerprint density at radius 3 is 2.64 bits per heavy atom. The van der Waals surface area contributed by atoms with Gasteiger partial charge in [0.2, 0.25) is 10.0 Å². The molecule has 8 heteroatoms. The first-order valence-corrected chi connectivity index (χ1v) is 10.3. The molecule has 1 amide bonds. The normalized spacial score (nSPS) is 15.9. The van der Waals surface area contributed by atoms with E-state index >= 15 is 0 Å². The Balaban J connectivity index is 1.82. The Kier molecular flexibility index (Phi) is 5.53. The number of aryl methyl sites for hydroxylation is 1. The van der Waals surface area contributed by atoms with Crippen molar-refractivity contribution in [3.8, 4) is 0 Å². The third kappa shape index (κ3) is 3.92. The smallest absolute Gasteiger partial charge is 0.252 e. The zero-order valence-corrected chi connectivity index (χ0v) is 15.5. The molecule has 134 valence electrons. The number of sulfonamides is 1. The third-order valence-corrected chi connectivity index (χ3v) is 7.08. The van der Waals surface area contributed by atoms with Crippen LogP contribution in [0.4, 0.5) is 0 Å². The molecule has 1 fully saturated rings. The van der Waals surface area contributed by atoms with E-state index in [1.165, 1.54) is 10.4 Å². The zero-order valence-electron chi connectivity index (χ0n) is 13.9. The van der Waals surface area contributed by atoms with Crippen LogP contribution in [0.25, 0.3) is 0 Å². The van der Waals surface area contributed by atoms with Crippen molar-refractivity contribution in [2.24, 2.45) is 0 Å². The van der Waals surface area contributed by atoms with Gasteiger partial charge in [-0.05, 0) is 36.1 Å². The number of morpholine rings is 1. The van der Waals surface area contributed by atoms with Crippen molar-refractivity contribution in [3.05, 3.63) is 51.7 Å². The molecule has 0 aliphatic carbocycles. The quantitative estimate of drug-likeness (QED) is 0.861. The van der Waals surface area contributed by atoms with E-state index in [-0.39, 0.29) is 16.4 Å². The Morgan fingerprint density at radius 1 is 1.24 bits per heavy atom. The molecule has 2 aromatic rings. The molecular formula is C17H20N2O4S2. The molecule has 0 bridgehead atoms. The number of hydrogen-bond donors (Lipinski definition) is 1. The van der Waals surface area contributed by atoms with Gasteiger partial charge in [-0.25, -0.2) is 8.42 Å². The summed E-state index contributed by atoms with van der Waals surface area (Å²) < 4.78 is 32.4. The summed E-state index contributed by atoms with van der Waals surface area (Å²) in [5.41, 5.74) is 1.28. The van der Waals surface area contributed by atoms with E-state index in [2.05, 4.69) is 5.32 Å². The number of ether oxygens (including phenoxy) is 1. The van der Waals surface area contributed by atoms with Gasteiger partial charge >= 0.3 is 0 Å². The standard InChI is InChI=1S/C17H20N2O4S2/c1-13-6-11-24-15(13)12-18-17(20)14-4-2-3-5-16(14)25(21,22)19-7-9-23-10-8-19/h2-6,11H,7-10,12H2,1H3,(H,18,20). The minimum absolute atomic E-state index is 0.0392. The highest BCUT2D eigenvalue weighted by molar-refractivity contribution is 7.89. The van der Waals surface area contributed by atoms with Crippen molar-refractivity contribution in [3.63, 3.8) is 0 Å². The number of thiophene rings is 1. The van der Waals surface area contributed by atoms with Gasteiger partial charge in [0.05, 0.1) is 30.2 Å². The van der Waals surface area contributed by atoms with E-state index in [4.69, 9.17) is 4.74 Å². The van der Waals surface area contributed by atoms with Crippen LogP contribution in [-0.4, -0.2) is 44.9 Å². The Morgan fingerprint density at radius 2 is 1.96 bits per heavy atom. The molecule has 0 atom stereocenters. The van der Waals surface area contributed by atoms with Gasteiger partial charge in [0.1, 0.15) is 0 Å². The molecule has 2 heterocycles. The lowest BCUT2D eigenvalue weighted by molar-refractivity contribution is 0.0730. The van der Waals surface area contributed by atoms with Crippen LogP contribution >= 0.6 is 11.3 Å². The van der Waals surface area contributed by atoms with Crippen LogP contribution in [-0.2, 0) is 21.3 Å². The lowest BCUT2D eigenvalue weighted by Gasteiger charge is -2.26. The van der Waals surface area contributed by atoms with Crippen LogP contribution in [0.5, 0.6) is 0 Å². The van der Waals surface area contributed by atoms with E-state index in [9.17, 15) is 13.2 Å². The van der Waals surface area contributed by atoms with Crippen molar-refractivity contribution in [1.29, 1.82) is 0 Å². The summed E-state index contributed by atoms with van der Waals surface area (Å²) in [6.07, 6.45) is 0. The average molecular weight is 380 g/mol. The molecular weight excluding hydrogens is 360 g/mol. The second kappa shape index (κ2) is 7.65. The van der Waals surface area contributed by atoms with Crippen LogP contribution in [0.15, 0.2) is 40.6 Å². The molecule has 25 heavy (non-hydrogen) atoms. The number of hydrogen-bond acceptors (Lipinski definition) is 5. The predicted molar refractivity (Wildman–Crippen MR) is 96.2 cm³/mol. The SMILES string of the molecule is Cc1ccsc1CNC(=O)c1ccccc1S(=O)(=O)N1CCOCC1. The van der Waals surface area contributed by atoms with E-state index in [1.807, 2.05) is 18.4 Å². The molecule has 0 saturated carbocycles. The molecule has 0 spiro atoms. The minimum Gasteiger partial charge on any atom is -0.379 e. The lowest BCUT2D eigenvalue weighted by Crippen LogP contribution is -2.41. The number of amides is 1. The molecule has 0 radical (unpaired) electrons. The Hall–Kier alpha value is -1.74. The Bertz CT molecular complexity index is 855. The summed E-state index contributed by atoms with van der Waals surface area (Å²) in [5, 5.41) is 4.79. The fourth-order valence-corrected chi connectivity index (χ4v) is 5.09. The molecule has 1 aromatic heterocycles. The summed E-state index contributed by atoms with van der Waals surface area (Å²) >= 11 is 1.56. The molecule has 3 rings (SSSR count). The number of rotatable bonds is 5. The number of benzene rings is 1. The van der Waals surface area contributed by atoms with Gasteiger partial charge < -0.3 is 10.1 Å². The molecule has 1 aliphatic rings. The largest absolute Gasteiger partial charge is 0.379 e. The maximum atomic E-state index is 12.9. The summed E-state index contributed by atoms with van der Waals surface area (Å²) in [6, 6.07) is 8.32. The average Bonchev–Trinajstić information content (AvgIpc) is 3.05. The third-order valence-electron chi connectivity index (χ3n) is 4.10. The van der Waals surface area contributed by atoms with Gasteiger partial charge in [0, 0.05) is 18.0 Å². The van der Waals surface area contributed by atoms with Crippen LogP contribution in [0.3, 0.4) is 0 Å². The predicted octanol–water partition coefficient (Wildman–Crippen LogP) is 2.01. The van der Waals surface area contributed by atoms with Crippen molar-refractivity contribution >= 4 is 27.3 Å². The molecule has 1 N–H and O–H groups in total. The van der Waals surface area contributed by atoms with Gasteiger partial charge in [0.15, 0.2) is 0 Å². The maximum Gasteiger partial charge on any atom is 0.252 e. The second-order valence-corrected chi connectivity index (χ2v) is 8.63. The lowest BCUT2D eigenvalue weighted by atomic mass is 10.2. The van der Waals surface area contributed by atoms with Crippen LogP contribution in [0.1, 0.15) is 20.8 Å². The van der Waals surface area contributed by atoms with Crippen molar-refractivity contribution < 1.29 is 17.9 Å². The number of nitrogens with zero attached hydrogens (tertiary/aromatic N) is 1. The number of carbonyl (C=O) groups excluding carboxylic acids is 1. The van der Waals surface area contributed by atoms with Crippen molar-refractivity contribution in [1.82, 2.24) is 9.62 Å². The first kappa shape index (κ1) is 18.1. The molecule has 6 nitrogen and oxygen atoms in total. The maximum absolute atomic E-state index is 12.9. The summed E-state index contributed by atoms with van der Waals surface area (Å²) in [7, 11) is -3.72. The van der Waals surface area contributed by atoms with Crippen LogP contribution < -0.4 is 5.32 Å². The van der Waals surface area contributed by atoms with E-state index in [0.29, 0.717) is 32.8 Å². The van der Waals surface area contributed by atoms with Gasteiger partial charge in [0.25, 0.3) is 5.91 Å². The molecule has 0 unspecified atom stereocenters. The highest BCUT2D eigenvalue weighted by Gasteiger charge is 2.30. The molecule has 1 saturated heterocycles. The molecule has 1 aliphatic heterocycles. The highest BCUT2D eigenvalue weighted by Crippen LogP contribution is 2.22. The summed E-state index contributed by atoms with van der Waals surface area (Å²) in [4.78, 5) is 13.7. The van der Waals surface area contributed by atoms with Gasteiger partial charge in [-0.15, -0.1) is 11.3 Å². The monoisotopic (exact) mass is 380 g/mol. The van der Waals surface area contributed by atoms with E-state index in [0.717, 1.165) is 10.4 Å². The summed E-state index contributed by atoms with van der Waals surface area (Å²) in [5.74, 6) is -0.389. The van der Waals surface area contributed by atoms with Gasteiger partial charge in [-0.1, -0.05) is 12.1 Å². The van der Waals surface area contributed by atoms with Crippen molar-refractivity contribution in [2.75, 3.05) is 26.3 Å². The number of carbonyl (C=O) groups is 1. The van der Waals surface area contributed by atoms with Crippen molar-refractivity contribution in [2.45, 2.75) is 18.4 Å². The first-order chi connectivity index (χ1) is 12.0. The first-order valence-electron chi connectivity index (χ1n) is 7.98. The fraction of sp³-hybridized carbons (Fsp3) is 0.353. The van der Waals surface area contributed by atoms with Gasteiger partial charge in [-0.3, -0.25) is 4.79 Å². The van der Waals surface area contributed by atoms with Crippen LogP contribution in [0, 0.1) is 6.92 Å². The fourth-order valence-electron chi connectivity index (χ4n) is 2.65. The zero-order chi connectivity index (χ0) is 17.9. The number of nitrogens with one attached hydrogen (secondary N) is 1. The molecule has 1 aromatic carbocycles. The second-order valence-electron chi connectivity index (χ2n) is 5.72. The van der Waals surface area contributed by atoms with E-state index in [1.54, 1.807) is 29.5 Å². The van der Waals surface area contributed by atoms with Gasteiger partial charge in [-0.2, -0.15) is 4.31 Å².